The molecule has 2 amide bonds. The van der Waals surface area contributed by atoms with Crippen LogP contribution in [0.4, 0.5) is 4.79 Å². The van der Waals surface area contributed by atoms with Gasteiger partial charge in [-0.1, -0.05) is 39.0 Å². The molecule has 0 aromatic heterocycles. The van der Waals surface area contributed by atoms with Crippen molar-refractivity contribution in [3.8, 4) is 0 Å². The second-order valence-corrected chi connectivity index (χ2v) is 6.78. The van der Waals surface area contributed by atoms with E-state index in [4.69, 9.17) is 10.5 Å². The molecule has 1 aliphatic carbocycles. The summed E-state index contributed by atoms with van der Waals surface area (Å²) in [5.74, 6) is -0.129. The number of nitrogens with two attached hydrogens (primary N) is 1. The van der Waals surface area contributed by atoms with E-state index in [9.17, 15) is 9.59 Å². The molecular formula is C17H24N2O3. The first kappa shape index (κ1) is 16.3. The van der Waals surface area contributed by atoms with E-state index in [-0.39, 0.29) is 23.5 Å². The lowest BCUT2D eigenvalue weighted by molar-refractivity contribution is 0.0778. The first-order valence-corrected chi connectivity index (χ1v) is 7.65. The van der Waals surface area contributed by atoms with Crippen LogP contribution in [-0.4, -0.2) is 24.1 Å². The van der Waals surface area contributed by atoms with Gasteiger partial charge in [-0.15, -0.1) is 0 Å². The second kappa shape index (κ2) is 6.38. The Kier molecular flexibility index (Phi) is 4.74. The minimum atomic E-state index is -0.791. The lowest BCUT2D eigenvalue weighted by Crippen LogP contribution is -2.43. The summed E-state index contributed by atoms with van der Waals surface area (Å²) < 4.78 is 5.08. The van der Waals surface area contributed by atoms with Crippen molar-refractivity contribution >= 4 is 12.0 Å². The zero-order valence-electron chi connectivity index (χ0n) is 13.4. The van der Waals surface area contributed by atoms with Crippen molar-refractivity contribution in [3.05, 3.63) is 35.4 Å². The van der Waals surface area contributed by atoms with Gasteiger partial charge in [-0.25, -0.2) is 4.79 Å². The number of carbonyl (C=O) groups is 2. The van der Waals surface area contributed by atoms with Crippen LogP contribution in [-0.2, 0) is 10.2 Å². The summed E-state index contributed by atoms with van der Waals surface area (Å²) in [4.78, 5) is 23.5. The van der Waals surface area contributed by atoms with Crippen LogP contribution < -0.4 is 11.1 Å². The van der Waals surface area contributed by atoms with Gasteiger partial charge in [0.2, 0.25) is 0 Å². The van der Waals surface area contributed by atoms with Crippen LogP contribution in [0, 0.1) is 0 Å². The molecule has 3 N–H and O–H groups in total. The Bertz CT molecular complexity index is 563. The molecule has 0 heterocycles. The fourth-order valence-corrected chi connectivity index (χ4v) is 2.96. The zero-order chi connectivity index (χ0) is 16.3. The Balaban J connectivity index is 2.14. The summed E-state index contributed by atoms with van der Waals surface area (Å²) in [7, 11) is 0. The van der Waals surface area contributed by atoms with Crippen molar-refractivity contribution in [3.63, 3.8) is 0 Å². The summed E-state index contributed by atoms with van der Waals surface area (Å²) in [6, 6.07) is 7.42. The Labute approximate surface area is 131 Å². The molecule has 1 saturated carbocycles. The number of primary amides is 1. The van der Waals surface area contributed by atoms with Crippen molar-refractivity contribution in [1.82, 2.24) is 5.32 Å². The van der Waals surface area contributed by atoms with Gasteiger partial charge in [0.05, 0.1) is 6.04 Å². The van der Waals surface area contributed by atoms with Crippen LogP contribution in [0.3, 0.4) is 0 Å². The van der Waals surface area contributed by atoms with Crippen molar-refractivity contribution in [2.24, 2.45) is 5.73 Å². The molecule has 5 heteroatoms. The maximum atomic E-state index is 12.6. The van der Waals surface area contributed by atoms with Gasteiger partial charge < -0.3 is 15.8 Å². The van der Waals surface area contributed by atoms with E-state index in [1.807, 2.05) is 24.3 Å². The zero-order valence-corrected chi connectivity index (χ0v) is 13.4. The maximum absolute atomic E-state index is 12.6. The number of hydrogen-bond donors (Lipinski definition) is 2. The molecule has 5 nitrogen and oxygen atoms in total. The highest BCUT2D eigenvalue weighted by Gasteiger charge is 2.32. The molecule has 22 heavy (non-hydrogen) atoms. The van der Waals surface area contributed by atoms with Gasteiger partial charge in [0.25, 0.3) is 5.91 Å². The number of benzene rings is 1. The van der Waals surface area contributed by atoms with E-state index in [1.165, 1.54) is 0 Å². The second-order valence-electron chi connectivity index (χ2n) is 6.78. The van der Waals surface area contributed by atoms with Gasteiger partial charge >= 0.3 is 6.09 Å². The number of rotatable bonds is 3. The van der Waals surface area contributed by atoms with Crippen molar-refractivity contribution in [1.29, 1.82) is 0 Å². The molecule has 2 unspecified atom stereocenters. The first-order chi connectivity index (χ1) is 10.3. The third-order valence-electron chi connectivity index (χ3n) is 4.02. The molecular weight excluding hydrogens is 280 g/mol. The van der Waals surface area contributed by atoms with Gasteiger partial charge in [-0.2, -0.15) is 0 Å². The standard InChI is InChI=1S/C17H24N2O3/c1-17(2,3)12-8-5-4-7-11(12)15(20)19-13-9-6-10-14(13)22-16(18)21/h4-5,7-8,13-14H,6,9-10H2,1-3H3,(H2,18,21)(H,19,20). The molecule has 0 saturated heterocycles. The Morgan fingerprint density at radius 2 is 1.91 bits per heavy atom. The minimum absolute atomic E-state index is 0.118. The van der Waals surface area contributed by atoms with Crippen molar-refractivity contribution in [2.45, 2.75) is 57.6 Å². The third-order valence-corrected chi connectivity index (χ3v) is 4.02. The highest BCUT2D eigenvalue weighted by molar-refractivity contribution is 5.96. The van der Waals surface area contributed by atoms with Gasteiger partial charge in [0.15, 0.2) is 0 Å². The molecule has 2 atom stereocenters. The lowest BCUT2D eigenvalue weighted by Gasteiger charge is -2.25. The fourth-order valence-electron chi connectivity index (χ4n) is 2.96. The van der Waals surface area contributed by atoms with E-state index in [2.05, 4.69) is 26.1 Å². The SMILES string of the molecule is CC(C)(C)c1ccccc1C(=O)NC1CCCC1OC(N)=O. The number of hydrogen-bond acceptors (Lipinski definition) is 3. The van der Waals surface area contributed by atoms with Gasteiger partial charge in [0.1, 0.15) is 6.10 Å². The highest BCUT2D eigenvalue weighted by Crippen LogP contribution is 2.27. The summed E-state index contributed by atoms with van der Waals surface area (Å²) >= 11 is 0. The van der Waals surface area contributed by atoms with Gasteiger partial charge in [0, 0.05) is 5.56 Å². The largest absolute Gasteiger partial charge is 0.444 e. The third kappa shape index (κ3) is 3.78. The number of nitrogens with one attached hydrogen (secondary N) is 1. The predicted molar refractivity (Wildman–Crippen MR) is 84.7 cm³/mol. The number of ether oxygens (including phenoxy) is 1. The van der Waals surface area contributed by atoms with E-state index >= 15 is 0 Å². The van der Waals surface area contributed by atoms with Crippen LogP contribution in [0.25, 0.3) is 0 Å². The van der Waals surface area contributed by atoms with E-state index in [0.717, 1.165) is 24.8 Å². The molecule has 0 radical (unpaired) electrons. The molecule has 1 fully saturated rings. The predicted octanol–water partition coefficient (Wildman–Crippen LogP) is 2.73. The minimum Gasteiger partial charge on any atom is -0.444 e. The number of carbonyl (C=O) groups excluding carboxylic acids is 2. The molecule has 2 rings (SSSR count). The van der Waals surface area contributed by atoms with Crippen LogP contribution in [0.1, 0.15) is 56.0 Å². The van der Waals surface area contributed by atoms with Crippen molar-refractivity contribution < 1.29 is 14.3 Å². The van der Waals surface area contributed by atoms with E-state index in [1.54, 1.807) is 0 Å². The average molecular weight is 304 g/mol. The van der Waals surface area contributed by atoms with Crippen molar-refractivity contribution in [2.75, 3.05) is 0 Å². The Morgan fingerprint density at radius 3 is 2.55 bits per heavy atom. The fraction of sp³-hybridized carbons (Fsp3) is 0.529. The average Bonchev–Trinajstić information content (AvgIpc) is 2.84. The Morgan fingerprint density at radius 1 is 1.23 bits per heavy atom. The quantitative estimate of drug-likeness (QED) is 0.901. The molecule has 1 aromatic rings. The van der Waals surface area contributed by atoms with Crippen LogP contribution in [0.2, 0.25) is 0 Å². The molecule has 0 spiro atoms. The molecule has 1 aliphatic rings. The molecule has 0 bridgehead atoms. The lowest BCUT2D eigenvalue weighted by atomic mass is 9.83. The van der Waals surface area contributed by atoms with E-state index < -0.39 is 6.09 Å². The summed E-state index contributed by atoms with van der Waals surface area (Å²) in [5.41, 5.74) is 6.63. The smallest absolute Gasteiger partial charge is 0.404 e. The van der Waals surface area contributed by atoms with Crippen LogP contribution in [0.5, 0.6) is 0 Å². The normalized spacial score (nSPS) is 21.4. The van der Waals surface area contributed by atoms with Crippen LogP contribution >= 0.6 is 0 Å². The Hall–Kier alpha value is -2.04. The topological polar surface area (TPSA) is 81.4 Å². The molecule has 120 valence electrons. The first-order valence-electron chi connectivity index (χ1n) is 7.65. The summed E-state index contributed by atoms with van der Waals surface area (Å²) in [6.45, 7) is 6.23. The van der Waals surface area contributed by atoms with Gasteiger partial charge in [-0.3, -0.25) is 4.79 Å². The van der Waals surface area contributed by atoms with E-state index in [0.29, 0.717) is 5.56 Å². The monoisotopic (exact) mass is 304 g/mol. The highest BCUT2D eigenvalue weighted by atomic mass is 16.6. The maximum Gasteiger partial charge on any atom is 0.404 e. The molecule has 1 aromatic carbocycles. The van der Waals surface area contributed by atoms with Crippen LogP contribution in [0.15, 0.2) is 24.3 Å². The summed E-state index contributed by atoms with van der Waals surface area (Å²) in [6.07, 6.45) is 1.31. The number of amides is 2. The summed E-state index contributed by atoms with van der Waals surface area (Å²) in [5, 5.41) is 2.99. The molecule has 0 aliphatic heterocycles. The van der Waals surface area contributed by atoms with Gasteiger partial charge in [-0.05, 0) is 36.3 Å².